The van der Waals surface area contributed by atoms with Crippen LogP contribution in [-0.2, 0) is 48.1 Å². The van der Waals surface area contributed by atoms with Crippen molar-refractivity contribution in [1.82, 2.24) is 9.62 Å². The zero-order chi connectivity index (χ0) is 47.5. The molecule has 0 unspecified atom stereocenters. The van der Waals surface area contributed by atoms with Gasteiger partial charge in [0, 0.05) is 74.4 Å². The van der Waals surface area contributed by atoms with Gasteiger partial charge in [-0.15, -0.1) is 0 Å². The molecule has 0 saturated carbocycles. The molecule has 3 aromatic rings. The van der Waals surface area contributed by atoms with Gasteiger partial charge in [0.25, 0.3) is 5.91 Å². The number of anilines is 1. The van der Waals surface area contributed by atoms with E-state index < -0.39 is 15.4 Å². The maximum absolute atomic E-state index is 13.8. The number of ketones is 1. The van der Waals surface area contributed by atoms with Gasteiger partial charge in [-0.1, -0.05) is 94.1 Å². The molecule has 0 spiro atoms. The molecule has 3 aromatic carbocycles. The van der Waals surface area contributed by atoms with Crippen molar-refractivity contribution in [3.8, 4) is 0 Å². The number of piperazine rings is 3. The van der Waals surface area contributed by atoms with E-state index in [1.54, 1.807) is 12.1 Å². The minimum atomic E-state index is -3.83. The smallest absolute Gasteiger partial charge is 0.272 e. The van der Waals surface area contributed by atoms with Crippen molar-refractivity contribution >= 4 is 44.7 Å². The minimum Gasteiger partial charge on any atom is -0.365 e. The predicted octanol–water partition coefficient (Wildman–Crippen LogP) is 6.33. The number of hydrogen-bond acceptors (Lipinski definition) is 6. The van der Waals surface area contributed by atoms with Crippen LogP contribution in [0.1, 0.15) is 70.2 Å². The van der Waals surface area contributed by atoms with Crippen LogP contribution in [0.25, 0.3) is 0 Å². The molecule has 12 nitrogen and oxygen atoms in total. The maximum atomic E-state index is 13.8. The zero-order valence-corrected chi connectivity index (χ0v) is 40.9. The number of para-hydroxylation sites is 1. The van der Waals surface area contributed by atoms with Gasteiger partial charge in [-0.25, -0.2) is 12.7 Å². The van der Waals surface area contributed by atoms with Gasteiger partial charge in [0.1, 0.15) is 46.3 Å². The summed E-state index contributed by atoms with van der Waals surface area (Å²) in [6.07, 6.45) is 16.0. The first kappa shape index (κ1) is 50.9. The quantitative estimate of drug-likeness (QED) is 0.0822. The van der Waals surface area contributed by atoms with E-state index in [4.69, 9.17) is 5.73 Å². The number of carbonyl (C=O) groups is 3. The molecule has 358 valence electrons. The van der Waals surface area contributed by atoms with Gasteiger partial charge in [0.2, 0.25) is 21.6 Å². The van der Waals surface area contributed by atoms with Gasteiger partial charge in [-0.3, -0.25) is 14.4 Å². The Morgan fingerprint density at radius 2 is 1.46 bits per heavy atom. The average Bonchev–Trinajstić information content (AvgIpc) is 3.61. The van der Waals surface area contributed by atoms with Crippen LogP contribution in [0, 0.1) is 0 Å². The molecule has 0 aromatic heterocycles. The summed E-state index contributed by atoms with van der Waals surface area (Å²) in [5.41, 5.74) is 13.9. The number of Topliss-reactive ketones (excluding diaryl/α,β-unsaturated/α-hetero) is 1. The van der Waals surface area contributed by atoms with Gasteiger partial charge in [0.05, 0.1) is 23.4 Å². The van der Waals surface area contributed by atoms with E-state index >= 15 is 0 Å². The Kier molecular flexibility index (Phi) is 15.5. The Balaban J connectivity index is 0.00000741. The molecule has 0 radical (unpaired) electrons. The predicted molar refractivity (Wildman–Crippen MR) is 270 cm³/mol. The average molecular weight is 933 g/mol. The summed E-state index contributed by atoms with van der Waals surface area (Å²) in [5.74, 6) is -0.580. The molecule has 2 amide bonds. The van der Waals surface area contributed by atoms with E-state index in [0.29, 0.717) is 13.0 Å². The molecule has 0 aliphatic carbocycles. The highest BCUT2D eigenvalue weighted by molar-refractivity contribution is 7.89. The molecule has 13 heteroatoms. The first-order valence-electron chi connectivity index (χ1n) is 23.4. The van der Waals surface area contributed by atoms with Gasteiger partial charge < -0.3 is 24.9 Å². The molecule has 5 aliphatic rings. The molecule has 0 atom stereocenters. The van der Waals surface area contributed by atoms with Crippen LogP contribution >= 0.6 is 0 Å². The highest BCUT2D eigenvalue weighted by Gasteiger charge is 2.49. The first-order valence-corrected chi connectivity index (χ1v) is 24.8. The monoisotopic (exact) mass is 933 g/mol. The van der Waals surface area contributed by atoms with Crippen molar-refractivity contribution < 1.29 is 36.3 Å². The summed E-state index contributed by atoms with van der Waals surface area (Å²) in [7, 11) is 1.83. The fraction of sp³-hybridized carbons (Fsp3) is 0.444. The lowest BCUT2D eigenvalue weighted by atomic mass is 9.81. The number of likely N-dealkylation sites (N-methyl/N-ethyl adjacent to an activating group) is 1. The number of amides is 2. The number of sulfonamides is 1. The number of nitrogens with two attached hydrogens (primary N) is 1. The third-order valence-electron chi connectivity index (χ3n) is 14.9. The fourth-order valence-corrected chi connectivity index (χ4v) is 11.9. The Morgan fingerprint density at radius 3 is 2.13 bits per heavy atom. The van der Waals surface area contributed by atoms with Gasteiger partial charge in [-0.2, -0.15) is 4.58 Å². The minimum absolute atomic E-state index is 0. The second-order valence-electron chi connectivity index (χ2n) is 20.0. The van der Waals surface area contributed by atoms with E-state index in [2.05, 4.69) is 104 Å². The number of benzene rings is 3. The SMILES string of the molecule is C.CN1C(=CC=CC=CC=CC2=[N+](C)c3ccccc3C2(C)C)C(C)(C)c2cc(S(=O)(=O)N(C)CCCC(=O)NCC(=O)Cc3ccc(CC[N+]45CC[N+](CC(N)=O)(CC4)CC5)cc3)ccc21. The van der Waals surface area contributed by atoms with E-state index in [-0.39, 0.29) is 61.3 Å². The standard InChI is InChI=1S/C53H68N7O5S.CH4/c1-52(2)44-16-13-14-17-46(44)57(6)48(52)18-11-9-8-10-12-19-49-53(3,4)45-37-43(25-26-47(45)58(49)7)66(64,65)56(5)28-15-20-51(63)55-38-42(61)36-41-23-21-40(22-24-41)27-29-59-30-33-60(34-31-59,35-32-59)39-50(54)62;/h8-14,16-19,21-26,37H,15,20,27-36,38-39H2,1-7H3,(H-2,54,55,62,63);1H4/q+1;/p+2. The topological polar surface area (TPSA) is 133 Å². The molecule has 3 saturated heterocycles. The molecular weight excluding hydrogens is 859 g/mol. The Bertz CT molecular complexity index is 2600. The van der Waals surface area contributed by atoms with Crippen molar-refractivity contribution in [3.63, 3.8) is 0 Å². The second-order valence-corrected chi connectivity index (χ2v) is 22.0. The van der Waals surface area contributed by atoms with Crippen LogP contribution in [-0.4, -0.2) is 136 Å². The Labute approximate surface area is 400 Å². The van der Waals surface area contributed by atoms with E-state index in [1.165, 1.54) is 33.9 Å². The molecular formula is C54H74N7O5S+3. The second kappa shape index (κ2) is 20.4. The molecule has 2 bridgehead atoms. The Hall–Kier alpha value is -5.47. The van der Waals surface area contributed by atoms with Crippen LogP contribution in [0.15, 0.2) is 120 Å². The number of nitrogens with one attached hydrogen (secondary N) is 1. The maximum Gasteiger partial charge on any atom is 0.272 e. The van der Waals surface area contributed by atoms with Crippen LogP contribution in [0.4, 0.5) is 11.4 Å². The molecule has 3 N–H and O–H groups in total. The van der Waals surface area contributed by atoms with Crippen molar-refractivity contribution in [2.45, 2.75) is 76.5 Å². The van der Waals surface area contributed by atoms with Crippen LogP contribution < -0.4 is 16.0 Å². The summed E-state index contributed by atoms with van der Waals surface area (Å²) < 4.78 is 33.0. The number of quaternary nitrogens is 2. The number of nitrogens with zero attached hydrogens (tertiary/aromatic N) is 5. The van der Waals surface area contributed by atoms with Crippen LogP contribution in [0.5, 0.6) is 0 Å². The summed E-state index contributed by atoms with van der Waals surface area (Å²) in [4.78, 5) is 39.4. The molecule has 5 heterocycles. The molecule has 3 fully saturated rings. The van der Waals surface area contributed by atoms with Crippen molar-refractivity contribution in [3.05, 3.63) is 137 Å². The van der Waals surface area contributed by atoms with Crippen molar-refractivity contribution in [2.75, 3.05) is 91.5 Å². The van der Waals surface area contributed by atoms with E-state index in [1.807, 2.05) is 49.6 Å². The number of allylic oxidation sites excluding steroid dienone is 8. The fourth-order valence-electron chi connectivity index (χ4n) is 10.6. The zero-order valence-electron chi connectivity index (χ0n) is 40.1. The summed E-state index contributed by atoms with van der Waals surface area (Å²) in [5, 5.41) is 2.72. The molecule has 8 rings (SSSR count). The lowest BCUT2D eigenvalue weighted by Crippen LogP contribution is -2.76. The third-order valence-corrected chi connectivity index (χ3v) is 16.8. The lowest BCUT2D eigenvalue weighted by molar-refractivity contribution is -1.08. The summed E-state index contributed by atoms with van der Waals surface area (Å²) in [6, 6.07) is 22.0. The molecule has 67 heavy (non-hydrogen) atoms. The lowest BCUT2D eigenvalue weighted by Gasteiger charge is -2.55. The van der Waals surface area contributed by atoms with Crippen LogP contribution in [0.2, 0.25) is 0 Å². The van der Waals surface area contributed by atoms with Gasteiger partial charge in [-0.05, 0) is 61.2 Å². The number of carbonyl (C=O) groups excluding carboxylic acids is 3. The number of rotatable bonds is 19. The highest BCUT2D eigenvalue weighted by Crippen LogP contribution is 2.48. The summed E-state index contributed by atoms with van der Waals surface area (Å²) >= 11 is 0. The van der Waals surface area contributed by atoms with Crippen molar-refractivity contribution in [1.29, 1.82) is 0 Å². The van der Waals surface area contributed by atoms with E-state index in [0.717, 1.165) is 83.7 Å². The third kappa shape index (κ3) is 11.0. The number of hydrogen-bond donors (Lipinski definition) is 2. The van der Waals surface area contributed by atoms with Crippen molar-refractivity contribution in [2.24, 2.45) is 5.73 Å². The summed E-state index contributed by atoms with van der Waals surface area (Å²) in [6.45, 7) is 16.6. The van der Waals surface area contributed by atoms with E-state index in [9.17, 15) is 22.8 Å². The van der Waals surface area contributed by atoms with Gasteiger partial charge >= 0.3 is 0 Å². The first-order chi connectivity index (χ1) is 31.3. The van der Waals surface area contributed by atoms with Gasteiger partial charge in [0.15, 0.2) is 18.0 Å². The van der Waals surface area contributed by atoms with Crippen LogP contribution in [0.3, 0.4) is 0 Å². The molecule has 5 aliphatic heterocycles. The normalized spacial score (nSPS) is 22.3. The largest absolute Gasteiger partial charge is 0.365 e. The Morgan fingerprint density at radius 1 is 0.836 bits per heavy atom. The number of fused-ring (bicyclic) bond motifs is 5. The highest BCUT2D eigenvalue weighted by atomic mass is 32.2. The number of primary amides is 1.